The Morgan fingerprint density at radius 2 is 2.33 bits per heavy atom. The third-order valence-electron chi connectivity index (χ3n) is 2.57. The Balaban J connectivity index is 1.96. The third kappa shape index (κ3) is 3.07. The molecule has 0 fully saturated rings. The average molecular weight is 261 g/mol. The van der Waals surface area contributed by atoms with Gasteiger partial charge in [0.2, 0.25) is 0 Å². The van der Waals surface area contributed by atoms with E-state index in [1.165, 1.54) is 16.9 Å². The molecule has 0 spiro atoms. The minimum Gasteiger partial charge on any atom is -0.375 e. The molecule has 0 bridgehead atoms. The lowest BCUT2D eigenvalue weighted by Crippen LogP contribution is -2.25. The highest BCUT2D eigenvalue weighted by Gasteiger charge is 2.13. The van der Waals surface area contributed by atoms with Gasteiger partial charge in [-0.05, 0) is 18.9 Å². The van der Waals surface area contributed by atoms with Crippen LogP contribution in [0.3, 0.4) is 0 Å². The van der Waals surface area contributed by atoms with Crippen LogP contribution >= 0.6 is 11.3 Å². The molecule has 1 aliphatic rings. The number of thiazole rings is 1. The fourth-order valence-corrected chi connectivity index (χ4v) is 2.40. The van der Waals surface area contributed by atoms with Crippen molar-refractivity contribution in [3.05, 3.63) is 46.5 Å². The van der Waals surface area contributed by atoms with E-state index in [2.05, 4.69) is 16.4 Å². The van der Waals surface area contributed by atoms with Gasteiger partial charge in [0.15, 0.2) is 5.13 Å². The van der Waals surface area contributed by atoms with Crippen molar-refractivity contribution in [2.45, 2.75) is 13.3 Å². The molecule has 0 aromatic carbocycles. The monoisotopic (exact) mass is 261 g/mol. The number of anilines is 1. The summed E-state index contributed by atoms with van der Waals surface area (Å²) < 4.78 is 0. The second-order valence-electron chi connectivity index (χ2n) is 3.99. The van der Waals surface area contributed by atoms with Crippen molar-refractivity contribution in [3.63, 3.8) is 0 Å². The summed E-state index contributed by atoms with van der Waals surface area (Å²) in [7, 11) is 0. The van der Waals surface area contributed by atoms with E-state index in [0.29, 0.717) is 22.2 Å². The largest absolute Gasteiger partial charge is 0.375 e. The van der Waals surface area contributed by atoms with E-state index in [4.69, 9.17) is 5.73 Å². The summed E-state index contributed by atoms with van der Waals surface area (Å²) in [5, 5.41) is 3.32. The number of amides is 1. The summed E-state index contributed by atoms with van der Waals surface area (Å²) in [6, 6.07) is 0. The molecule has 1 aromatic heterocycles. The molecule has 4 nitrogen and oxygen atoms in total. The van der Waals surface area contributed by atoms with Crippen LogP contribution in [0.2, 0.25) is 0 Å². The van der Waals surface area contributed by atoms with Gasteiger partial charge in [0.05, 0.1) is 5.69 Å². The molecule has 5 heteroatoms. The highest BCUT2D eigenvalue weighted by molar-refractivity contribution is 7.17. The molecule has 2 rings (SSSR count). The molecule has 1 aliphatic carbocycles. The lowest BCUT2D eigenvalue weighted by molar-refractivity contribution is 0.0960. The standard InChI is InChI=1S/C13H15N3OS/c1-9-11(18-13(14)16-9)12(17)15-8-10-6-4-2-3-5-7-10/h2-6H,7-8H2,1H3,(H2,14,16)(H,15,17). The Labute approximate surface area is 110 Å². The number of nitrogen functional groups attached to an aromatic ring is 1. The van der Waals surface area contributed by atoms with Crippen LogP contribution in [0.1, 0.15) is 21.8 Å². The number of aryl methyl sites for hydroxylation is 1. The molecule has 0 saturated carbocycles. The van der Waals surface area contributed by atoms with E-state index in [1.807, 2.05) is 24.3 Å². The van der Waals surface area contributed by atoms with Crippen LogP contribution in [0.4, 0.5) is 5.13 Å². The van der Waals surface area contributed by atoms with E-state index >= 15 is 0 Å². The van der Waals surface area contributed by atoms with Crippen molar-refractivity contribution in [2.75, 3.05) is 12.3 Å². The maximum atomic E-state index is 11.9. The summed E-state index contributed by atoms with van der Waals surface area (Å²) in [6.07, 6.45) is 10.9. The SMILES string of the molecule is Cc1nc(N)sc1C(=O)NCC1=CC=CC=CC1. The number of rotatable bonds is 3. The summed E-state index contributed by atoms with van der Waals surface area (Å²) in [4.78, 5) is 16.6. The van der Waals surface area contributed by atoms with Gasteiger partial charge in [-0.3, -0.25) is 4.79 Å². The number of carbonyl (C=O) groups excluding carboxylic acids is 1. The van der Waals surface area contributed by atoms with Crippen molar-refractivity contribution in [1.29, 1.82) is 0 Å². The van der Waals surface area contributed by atoms with Crippen LogP contribution < -0.4 is 11.1 Å². The van der Waals surface area contributed by atoms with Crippen molar-refractivity contribution >= 4 is 22.4 Å². The number of nitrogens with one attached hydrogen (secondary N) is 1. The van der Waals surface area contributed by atoms with Crippen molar-refractivity contribution < 1.29 is 4.79 Å². The first-order valence-electron chi connectivity index (χ1n) is 5.69. The highest BCUT2D eigenvalue weighted by atomic mass is 32.1. The molecule has 0 aliphatic heterocycles. The Bertz CT molecular complexity index is 540. The minimum atomic E-state index is -0.111. The molecule has 0 radical (unpaired) electrons. The fraction of sp³-hybridized carbons (Fsp3) is 0.231. The number of allylic oxidation sites excluding steroid dienone is 5. The molecule has 0 unspecified atom stereocenters. The van der Waals surface area contributed by atoms with Gasteiger partial charge in [-0.2, -0.15) is 0 Å². The van der Waals surface area contributed by atoms with Crippen LogP contribution in [0.25, 0.3) is 0 Å². The first kappa shape index (κ1) is 12.6. The molecule has 1 amide bonds. The number of nitrogens with two attached hydrogens (primary N) is 1. The van der Waals surface area contributed by atoms with Crippen LogP contribution in [0.15, 0.2) is 36.0 Å². The van der Waals surface area contributed by atoms with Crippen LogP contribution in [-0.2, 0) is 0 Å². The molecule has 3 N–H and O–H groups in total. The lowest BCUT2D eigenvalue weighted by Gasteiger charge is -2.06. The van der Waals surface area contributed by atoms with Gasteiger partial charge < -0.3 is 11.1 Å². The highest BCUT2D eigenvalue weighted by Crippen LogP contribution is 2.19. The molecule has 0 saturated heterocycles. The van der Waals surface area contributed by atoms with Gasteiger partial charge >= 0.3 is 0 Å². The van der Waals surface area contributed by atoms with Gasteiger partial charge in [-0.15, -0.1) is 0 Å². The van der Waals surface area contributed by atoms with Crippen molar-refractivity contribution in [1.82, 2.24) is 10.3 Å². The van der Waals surface area contributed by atoms with E-state index in [1.54, 1.807) is 6.92 Å². The average Bonchev–Trinajstić information content (AvgIpc) is 2.57. The number of hydrogen-bond acceptors (Lipinski definition) is 4. The van der Waals surface area contributed by atoms with E-state index in [9.17, 15) is 4.79 Å². The van der Waals surface area contributed by atoms with Crippen LogP contribution in [0.5, 0.6) is 0 Å². The predicted molar refractivity (Wildman–Crippen MR) is 74.6 cm³/mol. The second kappa shape index (κ2) is 5.64. The summed E-state index contributed by atoms with van der Waals surface area (Å²) in [5.41, 5.74) is 7.43. The van der Waals surface area contributed by atoms with Gasteiger partial charge in [-0.1, -0.05) is 41.7 Å². The molecular weight excluding hydrogens is 246 g/mol. The smallest absolute Gasteiger partial charge is 0.263 e. The molecule has 1 heterocycles. The summed E-state index contributed by atoms with van der Waals surface area (Å²) in [6.45, 7) is 2.34. The van der Waals surface area contributed by atoms with Gasteiger partial charge in [0.25, 0.3) is 5.91 Å². The Morgan fingerprint density at radius 3 is 3.06 bits per heavy atom. The Hall–Kier alpha value is -1.88. The Morgan fingerprint density at radius 1 is 1.50 bits per heavy atom. The number of aromatic nitrogens is 1. The van der Waals surface area contributed by atoms with E-state index in [-0.39, 0.29) is 5.91 Å². The quantitative estimate of drug-likeness (QED) is 0.876. The third-order valence-corrected chi connectivity index (χ3v) is 3.55. The molecule has 0 atom stereocenters. The maximum absolute atomic E-state index is 11.9. The van der Waals surface area contributed by atoms with Crippen molar-refractivity contribution in [2.24, 2.45) is 0 Å². The van der Waals surface area contributed by atoms with Gasteiger partial charge in [0, 0.05) is 6.54 Å². The minimum absolute atomic E-state index is 0.111. The lowest BCUT2D eigenvalue weighted by atomic mass is 10.2. The second-order valence-corrected chi connectivity index (χ2v) is 5.02. The van der Waals surface area contributed by atoms with E-state index in [0.717, 1.165) is 6.42 Å². The number of nitrogens with zero attached hydrogens (tertiary/aromatic N) is 1. The van der Waals surface area contributed by atoms with Crippen LogP contribution in [0, 0.1) is 6.92 Å². The molecule has 94 valence electrons. The first-order chi connectivity index (χ1) is 8.66. The molecular formula is C13H15N3OS. The van der Waals surface area contributed by atoms with E-state index < -0.39 is 0 Å². The normalized spacial score (nSPS) is 14.2. The van der Waals surface area contributed by atoms with Crippen LogP contribution in [-0.4, -0.2) is 17.4 Å². The summed E-state index contributed by atoms with van der Waals surface area (Å²) >= 11 is 1.22. The zero-order chi connectivity index (χ0) is 13.0. The van der Waals surface area contributed by atoms with Gasteiger partial charge in [0.1, 0.15) is 4.88 Å². The first-order valence-corrected chi connectivity index (χ1v) is 6.51. The fourth-order valence-electron chi connectivity index (χ4n) is 1.65. The number of hydrogen-bond donors (Lipinski definition) is 2. The predicted octanol–water partition coefficient (Wildman–Crippen LogP) is 2.21. The number of carbonyl (C=O) groups is 1. The zero-order valence-corrected chi connectivity index (χ0v) is 11.0. The molecule has 18 heavy (non-hydrogen) atoms. The van der Waals surface area contributed by atoms with Gasteiger partial charge in [-0.25, -0.2) is 4.98 Å². The molecule has 1 aromatic rings. The maximum Gasteiger partial charge on any atom is 0.263 e. The zero-order valence-electron chi connectivity index (χ0n) is 10.1. The van der Waals surface area contributed by atoms with Crippen molar-refractivity contribution in [3.8, 4) is 0 Å². The topological polar surface area (TPSA) is 68.0 Å². The Kier molecular flexibility index (Phi) is 3.94. The summed E-state index contributed by atoms with van der Waals surface area (Å²) in [5.74, 6) is -0.111.